The van der Waals surface area contributed by atoms with Crippen molar-refractivity contribution >= 4 is 6.21 Å². The molecule has 0 heterocycles. The first-order chi connectivity index (χ1) is 7.06. The van der Waals surface area contributed by atoms with Crippen molar-refractivity contribution in [2.24, 2.45) is 4.99 Å². The zero-order chi connectivity index (χ0) is 11.7. The van der Waals surface area contributed by atoms with E-state index >= 15 is 0 Å². The Bertz CT molecular complexity index is 269. The highest BCUT2D eigenvalue weighted by molar-refractivity contribution is 5.79. The Labute approximate surface area is 94.3 Å². The average molecular weight is 205 g/mol. The van der Waals surface area contributed by atoms with Gasteiger partial charge in [0.15, 0.2) is 0 Å². The van der Waals surface area contributed by atoms with Crippen molar-refractivity contribution in [2.75, 3.05) is 0 Å². The van der Waals surface area contributed by atoms with Crippen LogP contribution in [-0.4, -0.2) is 6.21 Å². The first-order valence-electron chi connectivity index (χ1n) is 5.55. The molecule has 0 N–H and O–H groups in total. The Balaban J connectivity index is 3.82. The van der Waals surface area contributed by atoms with Crippen molar-refractivity contribution in [1.29, 1.82) is 0 Å². The molecule has 0 amide bonds. The standard InChI is InChI=1S/C14H23N/c1-6-14(11-15-13(4)5)10-8-7-9-12(2)3/h6,11H,2,4,7-10H2,1,3,5H3/b14-6-,15-11?. The molecule has 0 fully saturated rings. The minimum atomic E-state index is 0.858. The molecule has 0 rings (SSSR count). The van der Waals surface area contributed by atoms with Gasteiger partial charge in [0.2, 0.25) is 0 Å². The highest BCUT2D eigenvalue weighted by Crippen LogP contribution is 2.10. The Hall–Kier alpha value is -1.11. The van der Waals surface area contributed by atoms with Gasteiger partial charge in [-0.1, -0.05) is 18.2 Å². The molecule has 0 bridgehead atoms. The molecule has 0 aliphatic carbocycles. The number of unbranched alkanes of at least 4 members (excludes halogenated alkanes) is 1. The summed E-state index contributed by atoms with van der Waals surface area (Å²) >= 11 is 0. The molecule has 0 aromatic heterocycles. The molecule has 0 saturated heterocycles. The summed E-state index contributed by atoms with van der Waals surface area (Å²) in [6.45, 7) is 13.7. The van der Waals surface area contributed by atoms with Gasteiger partial charge in [-0.3, -0.25) is 4.99 Å². The average Bonchev–Trinajstić information content (AvgIpc) is 2.16. The predicted molar refractivity (Wildman–Crippen MR) is 70.3 cm³/mol. The predicted octanol–water partition coefficient (Wildman–Crippen LogP) is 4.67. The summed E-state index contributed by atoms with van der Waals surface area (Å²) in [6.07, 6.45) is 8.69. The summed E-state index contributed by atoms with van der Waals surface area (Å²) in [5, 5.41) is 0. The molecule has 1 heteroatoms. The van der Waals surface area contributed by atoms with Crippen LogP contribution in [0.15, 0.2) is 41.1 Å². The Kier molecular flexibility index (Phi) is 7.61. The second-order valence-corrected chi connectivity index (χ2v) is 4.02. The van der Waals surface area contributed by atoms with Crippen LogP contribution >= 0.6 is 0 Å². The summed E-state index contributed by atoms with van der Waals surface area (Å²) in [5.41, 5.74) is 3.42. The van der Waals surface area contributed by atoms with Crippen LogP contribution in [0.4, 0.5) is 0 Å². The van der Waals surface area contributed by atoms with Crippen LogP contribution < -0.4 is 0 Å². The minimum absolute atomic E-state index is 0.858. The lowest BCUT2D eigenvalue weighted by atomic mass is 10.1. The lowest BCUT2D eigenvalue weighted by Crippen LogP contribution is -1.87. The van der Waals surface area contributed by atoms with Crippen molar-refractivity contribution in [3.63, 3.8) is 0 Å². The highest BCUT2D eigenvalue weighted by atomic mass is 14.7. The van der Waals surface area contributed by atoms with Crippen molar-refractivity contribution in [3.8, 4) is 0 Å². The van der Waals surface area contributed by atoms with E-state index in [1.165, 1.54) is 24.0 Å². The monoisotopic (exact) mass is 205 g/mol. The molecular weight excluding hydrogens is 182 g/mol. The van der Waals surface area contributed by atoms with Crippen LogP contribution in [0.2, 0.25) is 0 Å². The van der Waals surface area contributed by atoms with E-state index in [4.69, 9.17) is 0 Å². The normalized spacial score (nSPS) is 12.1. The summed E-state index contributed by atoms with van der Waals surface area (Å²) in [4.78, 5) is 4.20. The van der Waals surface area contributed by atoms with Crippen molar-refractivity contribution in [3.05, 3.63) is 36.1 Å². The first kappa shape index (κ1) is 13.9. The number of nitrogens with zero attached hydrogens (tertiary/aromatic N) is 1. The van der Waals surface area contributed by atoms with Gasteiger partial charge in [0.25, 0.3) is 0 Å². The molecule has 84 valence electrons. The fourth-order valence-electron chi connectivity index (χ4n) is 1.23. The van der Waals surface area contributed by atoms with Crippen molar-refractivity contribution in [2.45, 2.75) is 46.5 Å². The molecule has 0 aromatic rings. The van der Waals surface area contributed by atoms with E-state index in [0.717, 1.165) is 18.5 Å². The zero-order valence-corrected chi connectivity index (χ0v) is 10.3. The van der Waals surface area contributed by atoms with Crippen LogP contribution in [0, 0.1) is 0 Å². The zero-order valence-electron chi connectivity index (χ0n) is 10.3. The second-order valence-electron chi connectivity index (χ2n) is 4.02. The van der Waals surface area contributed by atoms with Gasteiger partial charge < -0.3 is 0 Å². The van der Waals surface area contributed by atoms with Crippen molar-refractivity contribution in [1.82, 2.24) is 0 Å². The van der Waals surface area contributed by atoms with Crippen LogP contribution in [0.5, 0.6) is 0 Å². The summed E-state index contributed by atoms with van der Waals surface area (Å²) in [6, 6.07) is 0. The number of allylic oxidation sites excluding steroid dienone is 4. The third kappa shape index (κ3) is 9.20. The molecule has 1 nitrogen and oxygen atoms in total. The topological polar surface area (TPSA) is 12.4 Å². The maximum atomic E-state index is 4.20. The SMILES string of the molecule is C=C(C)CCCC/C(C=NC(=C)C)=C/C. The molecule has 0 aromatic carbocycles. The van der Waals surface area contributed by atoms with E-state index in [2.05, 4.69) is 38.1 Å². The van der Waals surface area contributed by atoms with Gasteiger partial charge in [-0.15, -0.1) is 6.58 Å². The van der Waals surface area contributed by atoms with Gasteiger partial charge in [0, 0.05) is 11.9 Å². The van der Waals surface area contributed by atoms with E-state index in [1.807, 2.05) is 13.1 Å². The first-order valence-corrected chi connectivity index (χ1v) is 5.55. The summed E-state index contributed by atoms with van der Waals surface area (Å²) in [5.74, 6) is 0. The molecule has 0 radical (unpaired) electrons. The van der Waals surface area contributed by atoms with E-state index in [0.29, 0.717) is 0 Å². The van der Waals surface area contributed by atoms with Gasteiger partial charge in [-0.2, -0.15) is 0 Å². The van der Waals surface area contributed by atoms with Crippen molar-refractivity contribution < 1.29 is 0 Å². The Morgan fingerprint density at radius 1 is 1.13 bits per heavy atom. The number of rotatable bonds is 7. The summed E-state index contributed by atoms with van der Waals surface area (Å²) in [7, 11) is 0. The molecule has 0 aliphatic heterocycles. The van der Waals surface area contributed by atoms with Crippen LogP contribution in [0.1, 0.15) is 46.5 Å². The maximum Gasteiger partial charge on any atom is 0.0301 e. The molecule has 0 unspecified atom stereocenters. The number of aliphatic imine (C=N–C) groups is 1. The minimum Gasteiger partial charge on any atom is -0.262 e. The van der Waals surface area contributed by atoms with Crippen LogP contribution in [0.3, 0.4) is 0 Å². The van der Waals surface area contributed by atoms with Gasteiger partial charge in [-0.05, 0) is 52.0 Å². The Morgan fingerprint density at radius 3 is 2.20 bits per heavy atom. The Morgan fingerprint density at radius 2 is 1.73 bits per heavy atom. The molecule has 0 atom stereocenters. The van der Waals surface area contributed by atoms with Gasteiger partial charge in [-0.25, -0.2) is 0 Å². The largest absolute Gasteiger partial charge is 0.262 e. The molecule has 0 saturated carbocycles. The maximum absolute atomic E-state index is 4.20. The van der Waals surface area contributed by atoms with E-state index in [1.54, 1.807) is 0 Å². The lowest BCUT2D eigenvalue weighted by molar-refractivity contribution is 0.736. The van der Waals surface area contributed by atoms with Crippen LogP contribution in [-0.2, 0) is 0 Å². The van der Waals surface area contributed by atoms with Crippen LogP contribution in [0.25, 0.3) is 0 Å². The van der Waals surface area contributed by atoms with Gasteiger partial charge in [0.05, 0.1) is 0 Å². The number of hydrogen-bond acceptors (Lipinski definition) is 1. The fourth-order valence-corrected chi connectivity index (χ4v) is 1.23. The molecule has 15 heavy (non-hydrogen) atoms. The number of hydrogen-bond donors (Lipinski definition) is 0. The lowest BCUT2D eigenvalue weighted by Gasteiger charge is -2.01. The third-order valence-electron chi connectivity index (χ3n) is 2.14. The third-order valence-corrected chi connectivity index (χ3v) is 2.14. The summed E-state index contributed by atoms with van der Waals surface area (Å²) < 4.78 is 0. The second kappa shape index (κ2) is 8.22. The van der Waals surface area contributed by atoms with Gasteiger partial charge in [0.1, 0.15) is 0 Å². The molecule has 0 aliphatic rings. The smallest absolute Gasteiger partial charge is 0.0301 e. The van der Waals surface area contributed by atoms with E-state index in [9.17, 15) is 0 Å². The molecule has 0 spiro atoms. The molecular formula is C14H23N. The highest BCUT2D eigenvalue weighted by Gasteiger charge is 1.94. The van der Waals surface area contributed by atoms with E-state index < -0.39 is 0 Å². The van der Waals surface area contributed by atoms with Gasteiger partial charge >= 0.3 is 0 Å². The van der Waals surface area contributed by atoms with E-state index in [-0.39, 0.29) is 0 Å². The fraction of sp³-hybridized carbons (Fsp3) is 0.500. The quantitative estimate of drug-likeness (QED) is 0.325.